The molecule has 0 radical (unpaired) electrons. The van der Waals surface area contributed by atoms with E-state index < -0.39 is 26.5 Å². The molecule has 0 rings (SSSR count). The van der Waals surface area contributed by atoms with Gasteiger partial charge in [-0.15, -0.1) is 0 Å². The number of nitrogens with one attached hydrogen (secondary N) is 1. The summed E-state index contributed by atoms with van der Waals surface area (Å²) in [7, 11) is -4.40. The molecule has 0 aliphatic rings. The molecule has 9 nitrogen and oxygen atoms in total. The lowest BCUT2D eigenvalue weighted by molar-refractivity contribution is -0.147. The minimum atomic E-state index is -4.40. The zero-order valence-corrected chi connectivity index (χ0v) is 29.0. The van der Waals surface area contributed by atoms with Gasteiger partial charge in [0.1, 0.15) is 12.7 Å². The average molecular weight is 648 g/mol. The fourth-order valence-corrected chi connectivity index (χ4v) is 5.49. The number of ether oxygens (including phenoxy) is 1. The third kappa shape index (κ3) is 32.2. The molecule has 3 N–H and O–H groups in total. The Morgan fingerprint density at radius 3 is 1.80 bits per heavy atom. The Kier molecular flexibility index (Phi) is 30.8. The van der Waals surface area contributed by atoms with Gasteiger partial charge in [-0.05, 0) is 32.1 Å². The van der Waals surface area contributed by atoms with Crippen molar-refractivity contribution in [2.24, 2.45) is 0 Å². The first kappa shape index (κ1) is 42.8. The first-order chi connectivity index (χ1) is 21.3. The van der Waals surface area contributed by atoms with Crippen molar-refractivity contribution in [1.29, 1.82) is 0 Å². The number of phosphoric acid groups is 1. The van der Waals surface area contributed by atoms with Gasteiger partial charge in [0, 0.05) is 19.4 Å². The molecule has 0 heterocycles. The van der Waals surface area contributed by atoms with Crippen LogP contribution in [0.3, 0.4) is 0 Å². The van der Waals surface area contributed by atoms with Gasteiger partial charge in [-0.2, -0.15) is 0 Å². The normalized spacial score (nSPS) is 13.6. The Morgan fingerprint density at radius 2 is 1.20 bits per heavy atom. The zero-order chi connectivity index (χ0) is 32.6. The number of aliphatic hydroxyl groups is 1. The summed E-state index contributed by atoms with van der Waals surface area (Å²) in [6, 6.07) is 0. The van der Waals surface area contributed by atoms with Crippen molar-refractivity contribution in [2.45, 2.75) is 168 Å². The average Bonchev–Trinajstić information content (AvgIpc) is 3.00. The Labute approximate surface area is 268 Å². The van der Waals surface area contributed by atoms with Gasteiger partial charge in [-0.25, -0.2) is 4.57 Å². The topological polar surface area (TPSA) is 131 Å². The van der Waals surface area contributed by atoms with Crippen LogP contribution in [0.1, 0.15) is 162 Å². The van der Waals surface area contributed by atoms with E-state index >= 15 is 0 Å². The molecular formula is C34H66NO8P. The molecular weight excluding hydrogens is 581 g/mol. The number of esters is 1. The molecule has 0 aromatic rings. The van der Waals surface area contributed by atoms with E-state index in [2.05, 4.69) is 31.3 Å². The smallest absolute Gasteiger partial charge is 0.463 e. The minimum Gasteiger partial charge on any atom is -0.463 e. The lowest BCUT2D eigenvalue weighted by atomic mass is 10.0. The van der Waals surface area contributed by atoms with Crippen LogP contribution in [0.4, 0.5) is 0 Å². The summed E-state index contributed by atoms with van der Waals surface area (Å²) in [6.45, 7) is 3.46. The highest BCUT2D eigenvalue weighted by atomic mass is 31.2. The lowest BCUT2D eigenvalue weighted by Crippen LogP contribution is -2.27. The van der Waals surface area contributed by atoms with Crippen LogP contribution in [0.5, 0.6) is 0 Å². The van der Waals surface area contributed by atoms with Crippen molar-refractivity contribution in [3.8, 4) is 0 Å². The van der Waals surface area contributed by atoms with Gasteiger partial charge in [0.25, 0.3) is 0 Å². The molecule has 2 unspecified atom stereocenters. The molecule has 1 amide bonds. The van der Waals surface area contributed by atoms with E-state index in [0.717, 1.165) is 64.2 Å². The van der Waals surface area contributed by atoms with Gasteiger partial charge in [-0.1, -0.05) is 129 Å². The molecule has 0 aliphatic carbocycles. The Hall–Kier alpha value is -1.25. The molecule has 10 heteroatoms. The summed E-state index contributed by atoms with van der Waals surface area (Å²) in [5.41, 5.74) is 0. The summed E-state index contributed by atoms with van der Waals surface area (Å²) < 4.78 is 26.7. The van der Waals surface area contributed by atoms with Crippen LogP contribution in [0, 0.1) is 0 Å². The van der Waals surface area contributed by atoms with Crippen LogP contribution < -0.4 is 5.32 Å². The van der Waals surface area contributed by atoms with E-state index in [9.17, 15) is 24.2 Å². The Balaban J connectivity index is 3.63. The monoisotopic (exact) mass is 647 g/mol. The number of hydrogen-bond donors (Lipinski definition) is 3. The van der Waals surface area contributed by atoms with E-state index in [1.54, 1.807) is 0 Å². The highest BCUT2D eigenvalue weighted by Gasteiger charge is 2.23. The van der Waals surface area contributed by atoms with E-state index in [4.69, 9.17) is 13.8 Å². The number of phosphoric ester groups is 1. The number of aliphatic hydroxyl groups excluding tert-OH is 1. The van der Waals surface area contributed by atoms with E-state index in [1.807, 2.05) is 0 Å². The maximum absolute atomic E-state index is 12.0. The number of carbonyl (C=O) groups is 2. The number of unbranched alkanes of at least 4 members (excludes halogenated alkanes) is 18. The highest BCUT2D eigenvalue weighted by Crippen LogP contribution is 2.42. The summed E-state index contributed by atoms with van der Waals surface area (Å²) in [5.74, 6) is -0.526. The second kappa shape index (κ2) is 31.7. The maximum Gasteiger partial charge on any atom is 0.472 e. The lowest BCUT2D eigenvalue weighted by Gasteiger charge is -2.15. The van der Waals surface area contributed by atoms with Crippen LogP contribution in [0.15, 0.2) is 12.2 Å². The van der Waals surface area contributed by atoms with Crippen LogP contribution in [-0.2, 0) is 27.9 Å². The number of carbonyl (C=O) groups excluding carboxylic acids is 2. The summed E-state index contributed by atoms with van der Waals surface area (Å²) in [6.07, 6.45) is 28.6. The van der Waals surface area contributed by atoms with E-state index in [0.29, 0.717) is 6.42 Å². The molecule has 0 aromatic heterocycles. The molecule has 0 fully saturated rings. The van der Waals surface area contributed by atoms with Crippen molar-refractivity contribution in [3.05, 3.63) is 12.2 Å². The van der Waals surface area contributed by atoms with E-state index in [-0.39, 0.29) is 32.1 Å². The third-order valence-electron chi connectivity index (χ3n) is 7.43. The molecule has 0 aliphatic heterocycles. The van der Waals surface area contributed by atoms with E-state index in [1.165, 1.54) is 70.6 Å². The largest absolute Gasteiger partial charge is 0.472 e. The molecule has 0 saturated heterocycles. The first-order valence-corrected chi connectivity index (χ1v) is 19.2. The predicted molar refractivity (Wildman–Crippen MR) is 178 cm³/mol. The Morgan fingerprint density at radius 1 is 0.682 bits per heavy atom. The predicted octanol–water partition coefficient (Wildman–Crippen LogP) is 8.71. The fourth-order valence-electron chi connectivity index (χ4n) is 4.73. The van der Waals surface area contributed by atoms with Gasteiger partial charge in [0.05, 0.1) is 13.2 Å². The maximum atomic E-state index is 12.0. The molecule has 0 bridgehead atoms. The summed E-state index contributed by atoms with van der Waals surface area (Å²) in [4.78, 5) is 33.6. The van der Waals surface area contributed by atoms with Crippen LogP contribution in [0.25, 0.3) is 0 Å². The number of allylic oxidation sites excluding steroid dienone is 2. The van der Waals surface area contributed by atoms with Gasteiger partial charge in [0.15, 0.2) is 0 Å². The number of hydrogen-bond acceptors (Lipinski definition) is 7. The third-order valence-corrected chi connectivity index (χ3v) is 8.41. The molecule has 0 spiro atoms. The molecule has 0 saturated carbocycles. The second-order valence-electron chi connectivity index (χ2n) is 11.8. The SMILES string of the molecule is CCC/C=C\CCCCCCCC(=O)OCC(O)COP(=O)(O)OCCNC(=O)CCCCCCCCCCCCCCC. The summed E-state index contributed by atoms with van der Waals surface area (Å²) in [5, 5.41) is 12.6. The van der Waals surface area contributed by atoms with Crippen molar-refractivity contribution < 1.29 is 37.9 Å². The molecule has 44 heavy (non-hydrogen) atoms. The van der Waals surface area contributed by atoms with Gasteiger partial charge in [0.2, 0.25) is 5.91 Å². The van der Waals surface area contributed by atoms with Gasteiger partial charge < -0.3 is 20.1 Å². The fraction of sp³-hybridized carbons (Fsp3) is 0.882. The van der Waals surface area contributed by atoms with Crippen molar-refractivity contribution >= 4 is 19.7 Å². The first-order valence-electron chi connectivity index (χ1n) is 17.7. The minimum absolute atomic E-state index is 0.0847. The van der Waals surface area contributed by atoms with Gasteiger partial charge >= 0.3 is 13.8 Å². The second-order valence-corrected chi connectivity index (χ2v) is 13.3. The molecule has 260 valence electrons. The highest BCUT2D eigenvalue weighted by molar-refractivity contribution is 7.47. The van der Waals surface area contributed by atoms with Crippen molar-refractivity contribution in [3.63, 3.8) is 0 Å². The summed E-state index contributed by atoms with van der Waals surface area (Å²) >= 11 is 0. The number of rotatable bonds is 33. The quantitative estimate of drug-likeness (QED) is 0.0279. The van der Waals surface area contributed by atoms with Crippen LogP contribution in [0.2, 0.25) is 0 Å². The van der Waals surface area contributed by atoms with Crippen molar-refractivity contribution in [2.75, 3.05) is 26.4 Å². The Bertz CT molecular complexity index is 749. The van der Waals surface area contributed by atoms with Crippen LogP contribution in [-0.4, -0.2) is 54.3 Å². The zero-order valence-electron chi connectivity index (χ0n) is 28.1. The van der Waals surface area contributed by atoms with Gasteiger partial charge in [-0.3, -0.25) is 18.6 Å². The number of amides is 1. The standard InChI is InChI=1S/C34H66NO8P/c1-3-5-7-9-11-13-15-16-17-18-20-22-24-26-33(37)35-28-29-42-44(39,40)43-31-32(36)30-41-34(38)27-25-23-21-19-14-12-10-8-6-4-2/h8,10,32,36H,3-7,9,11-31H2,1-2H3,(H,35,37)(H,39,40)/b10-8-. The molecule has 0 aromatic carbocycles. The van der Waals surface area contributed by atoms with Crippen LogP contribution >= 0.6 is 7.82 Å². The van der Waals surface area contributed by atoms with Crippen molar-refractivity contribution in [1.82, 2.24) is 5.32 Å². The molecule has 2 atom stereocenters.